The molecule has 0 nitrogen and oxygen atoms in total. The Kier molecular flexibility index (Phi) is 13.0. The smallest absolute Gasteiger partial charge is 0.206 e. The molecule has 2 aromatic carbocycles. The van der Waals surface area contributed by atoms with Gasteiger partial charge in [-0.1, -0.05) is 92.6 Å². The van der Waals surface area contributed by atoms with Crippen molar-refractivity contribution in [2.45, 2.75) is 113 Å². The Morgan fingerprint density at radius 1 is 0.800 bits per heavy atom. The van der Waals surface area contributed by atoms with Crippen LogP contribution in [0.15, 0.2) is 42.0 Å². The minimum Gasteiger partial charge on any atom is -0.206 e. The van der Waals surface area contributed by atoms with E-state index in [1.54, 1.807) is 12.1 Å². The van der Waals surface area contributed by atoms with Crippen LogP contribution in [0.3, 0.4) is 0 Å². The number of alkyl halides is 5. The van der Waals surface area contributed by atoms with Gasteiger partial charge in [-0.3, -0.25) is 0 Å². The predicted molar refractivity (Wildman–Crippen MR) is 176 cm³/mol. The van der Waals surface area contributed by atoms with E-state index in [9.17, 15) is 26.3 Å². The van der Waals surface area contributed by atoms with Gasteiger partial charge in [-0.05, 0) is 99.3 Å². The van der Waals surface area contributed by atoms with E-state index in [0.717, 1.165) is 76.3 Å². The van der Waals surface area contributed by atoms with E-state index in [4.69, 9.17) is 1.34 Å². The van der Waals surface area contributed by atoms with Gasteiger partial charge in [0.15, 0.2) is 0 Å². The van der Waals surface area contributed by atoms with Gasteiger partial charge in [0.25, 0.3) is 11.8 Å². The quantitative estimate of drug-likeness (QED) is 0.154. The van der Waals surface area contributed by atoms with E-state index in [1.807, 2.05) is 0 Å². The van der Waals surface area contributed by atoms with Gasteiger partial charge in [0, 0.05) is 47.9 Å². The van der Waals surface area contributed by atoms with Crippen LogP contribution < -0.4 is 0 Å². The predicted octanol–water partition coefficient (Wildman–Crippen LogP) is 12.0. The van der Waals surface area contributed by atoms with Gasteiger partial charge in [-0.25, -0.2) is 8.78 Å². The minimum absolute atomic E-state index is 0. The fourth-order valence-electron chi connectivity index (χ4n) is 8.32. The second-order valence-electron chi connectivity index (χ2n) is 13.3. The molecule has 4 aliphatic carbocycles. The normalized spacial score (nSPS) is 29.4. The summed E-state index contributed by atoms with van der Waals surface area (Å²) in [6.07, 6.45) is 13.7. The second-order valence-corrected chi connectivity index (χ2v) is 14.7. The maximum atomic E-state index is 15.0. The van der Waals surface area contributed by atoms with Crippen molar-refractivity contribution in [3.8, 4) is 0 Å². The first-order chi connectivity index (χ1) is 21.4. The molecule has 2 saturated carbocycles. The first-order valence-corrected chi connectivity index (χ1v) is 17.0. The van der Waals surface area contributed by atoms with Crippen LogP contribution in [0.4, 0.5) is 26.3 Å². The van der Waals surface area contributed by atoms with Crippen molar-refractivity contribution in [1.29, 1.82) is 1.34 Å². The maximum Gasteiger partial charge on any atom is 0.298 e. The molecule has 0 aromatic heterocycles. The first kappa shape index (κ1) is 37.2. The summed E-state index contributed by atoms with van der Waals surface area (Å²) in [5.41, 5.74) is 0.138. The van der Waals surface area contributed by atoms with Gasteiger partial charge in [0.2, 0.25) is 0 Å². The van der Waals surface area contributed by atoms with Gasteiger partial charge in [0.05, 0.1) is 11.1 Å². The molecule has 4 aliphatic rings. The van der Waals surface area contributed by atoms with Crippen LogP contribution in [0.1, 0.15) is 116 Å². The molecule has 1 atom stereocenters. The van der Waals surface area contributed by atoms with Crippen molar-refractivity contribution < 1.29 is 60.3 Å². The van der Waals surface area contributed by atoms with Crippen LogP contribution in [0.2, 0.25) is 0 Å². The molecule has 248 valence electrons. The van der Waals surface area contributed by atoms with Crippen LogP contribution in [-0.4, -0.2) is 14.0 Å². The van der Waals surface area contributed by atoms with E-state index in [0.29, 0.717) is 23.0 Å². The molecule has 0 amide bonds. The van der Waals surface area contributed by atoms with E-state index in [2.05, 4.69) is 38.2 Å². The average Bonchev–Trinajstić information content (AvgIpc) is 3.42. The third-order valence-corrected chi connectivity index (χ3v) is 12.0. The summed E-state index contributed by atoms with van der Waals surface area (Å²) in [7, 11) is 3.75. The van der Waals surface area contributed by atoms with Crippen LogP contribution in [-0.2, 0) is 18.3 Å². The molecule has 2 fully saturated rings. The van der Waals surface area contributed by atoms with Crippen LogP contribution in [0, 0.1) is 66.4 Å². The molecule has 0 spiro atoms. The van der Waals surface area contributed by atoms with Crippen molar-refractivity contribution >= 4 is 30.4 Å². The molecule has 2 radical (unpaired) electrons. The Labute approximate surface area is 303 Å². The number of rotatable bonds is 6. The largest absolute Gasteiger partial charge is 0.298 e. The van der Waals surface area contributed by atoms with Gasteiger partial charge >= 0.3 is 0 Å². The van der Waals surface area contributed by atoms with Gasteiger partial charge in [-0.15, -0.1) is 0 Å². The number of halogens is 7. The van der Waals surface area contributed by atoms with Gasteiger partial charge in [-0.2, -0.15) is 17.6 Å². The van der Waals surface area contributed by atoms with Crippen molar-refractivity contribution in [1.82, 2.24) is 0 Å². The Hall–Kier alpha value is -0.643. The second kappa shape index (κ2) is 15.7. The van der Waals surface area contributed by atoms with E-state index in [-0.39, 0.29) is 63.4 Å². The summed E-state index contributed by atoms with van der Waals surface area (Å²) < 4.78 is 90.8. The SMILES string of the molecule is CCCC1CCC(C2(Br)Cc3cccc(F)c3C2(F)F)CC1.CCCC1CCC(C2=Cc3cccc(F)c3C2(F)F)CC1.[2H][B].[HH].[HH].[U]. The third-order valence-electron chi connectivity index (χ3n) is 10.6. The van der Waals surface area contributed by atoms with Crippen molar-refractivity contribution in [2.24, 2.45) is 23.7 Å². The molecular formula is C36H48BBrF6U. The summed E-state index contributed by atoms with van der Waals surface area (Å²) in [5, 5.41) is 0. The van der Waals surface area contributed by atoms with E-state index >= 15 is 0 Å². The van der Waals surface area contributed by atoms with Gasteiger partial charge < -0.3 is 0 Å². The summed E-state index contributed by atoms with van der Waals surface area (Å²) in [6, 6.07) is 8.52. The molecule has 0 saturated heterocycles. The monoisotopic (exact) mass is 923 g/mol. The fraction of sp³-hybridized carbons (Fsp3) is 0.611. The molecule has 0 N–H and O–H groups in total. The zero-order valence-corrected chi connectivity index (χ0v) is 32.0. The Morgan fingerprint density at radius 3 is 1.82 bits per heavy atom. The molecule has 0 bridgehead atoms. The minimum atomic E-state index is -3.14. The molecule has 0 heterocycles. The Morgan fingerprint density at radius 2 is 1.31 bits per heavy atom. The molecule has 45 heavy (non-hydrogen) atoms. The van der Waals surface area contributed by atoms with Crippen molar-refractivity contribution in [3.63, 3.8) is 0 Å². The molecule has 1 unspecified atom stereocenters. The number of hydrogen-bond acceptors (Lipinski definition) is 0. The van der Waals surface area contributed by atoms with Gasteiger partial charge in [0.1, 0.15) is 16.0 Å². The number of hydrogen-bond donors (Lipinski definition) is 0. The molecule has 6 rings (SSSR count). The van der Waals surface area contributed by atoms with E-state index < -0.39 is 33.4 Å². The number of benzene rings is 2. The third kappa shape index (κ3) is 7.51. The van der Waals surface area contributed by atoms with E-state index in [1.165, 1.54) is 31.1 Å². The van der Waals surface area contributed by atoms with Crippen molar-refractivity contribution in [3.05, 3.63) is 75.9 Å². The standard InChI is InChI=1S/C18H22BrF3.C18H21F3.BH.U.2H2/c1-2-4-12-7-9-14(10-8-12)17(19)11-13-5-3-6-15(20)16(13)18(17,21)22;1-2-4-12-7-9-13(10-8-12)15-11-14-5-3-6-16(19)17(14)18(15,20)21;;;;/h3,5-6,12,14H,2,4,7-11H2,1H3;3,5-6,11-13H,2,4,7-10H2,1H3;1H;;2*1H/i;;1D;;;. The summed E-state index contributed by atoms with van der Waals surface area (Å²) in [6.45, 7) is 4.34. The zero-order chi connectivity index (χ0) is 33.0. The summed E-state index contributed by atoms with van der Waals surface area (Å²) in [5.74, 6) is -6.68. The van der Waals surface area contributed by atoms with Crippen LogP contribution in [0.25, 0.3) is 6.08 Å². The average molecular weight is 925 g/mol. The fourth-order valence-corrected chi connectivity index (χ4v) is 9.28. The Bertz CT molecular complexity index is 1330. The maximum absolute atomic E-state index is 15.0. The summed E-state index contributed by atoms with van der Waals surface area (Å²) >= 11 is 3.39. The van der Waals surface area contributed by atoms with Crippen molar-refractivity contribution in [2.75, 3.05) is 0 Å². The first-order valence-electron chi connectivity index (χ1n) is 16.7. The molecule has 0 aliphatic heterocycles. The topological polar surface area (TPSA) is 0 Å². The summed E-state index contributed by atoms with van der Waals surface area (Å²) in [4.78, 5) is 0. The van der Waals surface area contributed by atoms with Crippen LogP contribution in [0.5, 0.6) is 0 Å². The molecular weight excluding hydrogens is 875 g/mol. The Balaban J connectivity index is 0.000000431. The number of fused-ring (bicyclic) bond motifs is 2. The number of allylic oxidation sites excluding steroid dienone is 1. The zero-order valence-electron chi connectivity index (χ0n) is 27.3. The molecule has 2 aromatic rings. The van der Waals surface area contributed by atoms with Crippen LogP contribution >= 0.6 is 15.9 Å². The molecule has 9 heteroatoms.